The van der Waals surface area contributed by atoms with Crippen LogP contribution in [0, 0.1) is 15.9 Å². The normalized spacial score (nSPS) is 17.4. The molecule has 0 saturated carbocycles. The van der Waals surface area contributed by atoms with Crippen molar-refractivity contribution in [3.05, 3.63) is 100 Å². The number of rotatable bonds is 8. The van der Waals surface area contributed by atoms with Crippen molar-refractivity contribution >= 4 is 27.3 Å². The van der Waals surface area contributed by atoms with Crippen molar-refractivity contribution in [1.29, 1.82) is 0 Å². The number of hydrogen-bond acceptors (Lipinski definition) is 9. The number of hydrogen-bond donors (Lipinski definition) is 2. The van der Waals surface area contributed by atoms with E-state index in [1.165, 1.54) is 45.4 Å². The number of amides is 1. The van der Waals surface area contributed by atoms with Gasteiger partial charge in [-0.1, -0.05) is 24.3 Å². The molecule has 2 aliphatic heterocycles. The fraction of sp³-hybridized carbons (Fsp3) is 0.241. The lowest BCUT2D eigenvalue weighted by Gasteiger charge is -2.39. The number of ether oxygens (including phenoxy) is 1. The molecule has 0 spiro atoms. The van der Waals surface area contributed by atoms with Crippen LogP contribution in [-0.2, 0) is 10.0 Å². The summed E-state index contributed by atoms with van der Waals surface area (Å²) in [6, 6.07) is 17.8. The summed E-state index contributed by atoms with van der Waals surface area (Å²) < 4.78 is 49.0. The SMILES string of the molecule is NC(=O)c1c2c(nn1-c1ccc(Oc3ccccc3F)cc1)[C@H](N1CCN(S(=O)(=O)c3ccccc3[N+](=O)[O-])CC1)CCN2. The first-order valence-electron chi connectivity index (χ1n) is 13.8. The molecule has 2 aliphatic rings. The molecule has 1 saturated heterocycles. The maximum Gasteiger partial charge on any atom is 0.289 e. The fourth-order valence-electron chi connectivity index (χ4n) is 5.61. The zero-order chi connectivity index (χ0) is 31.0. The number of carbonyl (C=O) groups is 1. The number of nitro benzene ring substituents is 1. The predicted molar refractivity (Wildman–Crippen MR) is 158 cm³/mol. The molecule has 3 aromatic carbocycles. The lowest BCUT2D eigenvalue weighted by molar-refractivity contribution is -0.387. The summed E-state index contributed by atoms with van der Waals surface area (Å²) in [5, 5.41) is 19.5. The van der Waals surface area contributed by atoms with Gasteiger partial charge in [0.05, 0.1) is 22.3 Å². The number of nitro groups is 1. The average Bonchev–Trinajstić information content (AvgIpc) is 3.43. The standard InChI is InChI=1S/C29H28FN7O6S/c30-21-5-1-3-7-24(21)43-20-11-9-19(10-12-20)36-28(29(31)38)27-26(33-36)23(13-14-32-27)34-15-17-35(18-16-34)44(41,42)25-8-4-2-6-22(25)37(39)40/h1-12,23,32H,13-18H2,(H2,31,38)/t23-/m1/s1. The highest BCUT2D eigenvalue weighted by molar-refractivity contribution is 7.89. The van der Waals surface area contributed by atoms with Crippen LogP contribution in [0.5, 0.6) is 11.5 Å². The molecule has 228 valence electrons. The van der Waals surface area contributed by atoms with Gasteiger partial charge in [-0.25, -0.2) is 17.5 Å². The Labute approximate surface area is 251 Å². The van der Waals surface area contributed by atoms with Gasteiger partial charge in [-0.3, -0.25) is 19.8 Å². The quantitative estimate of drug-likeness (QED) is 0.220. The van der Waals surface area contributed by atoms with Crippen molar-refractivity contribution in [3.63, 3.8) is 0 Å². The minimum absolute atomic E-state index is 0.0783. The molecule has 1 aromatic heterocycles. The van der Waals surface area contributed by atoms with Crippen molar-refractivity contribution in [3.8, 4) is 17.2 Å². The zero-order valence-electron chi connectivity index (χ0n) is 23.3. The number of sulfonamides is 1. The largest absolute Gasteiger partial charge is 0.454 e. The van der Waals surface area contributed by atoms with E-state index in [0.717, 1.165) is 0 Å². The lowest BCUT2D eigenvalue weighted by Crippen LogP contribution is -2.50. The molecule has 0 unspecified atom stereocenters. The number of benzene rings is 3. The molecular weight excluding hydrogens is 593 g/mol. The van der Waals surface area contributed by atoms with E-state index < -0.39 is 32.4 Å². The van der Waals surface area contributed by atoms with E-state index in [4.69, 9.17) is 15.6 Å². The van der Waals surface area contributed by atoms with Gasteiger partial charge in [0.1, 0.15) is 11.4 Å². The van der Waals surface area contributed by atoms with E-state index in [2.05, 4.69) is 10.2 Å². The number of nitrogens with zero attached hydrogens (tertiary/aromatic N) is 5. The molecule has 1 fully saturated rings. The van der Waals surface area contributed by atoms with E-state index in [9.17, 15) is 27.7 Å². The van der Waals surface area contributed by atoms with Gasteiger partial charge in [-0.15, -0.1) is 0 Å². The predicted octanol–water partition coefficient (Wildman–Crippen LogP) is 3.67. The highest BCUT2D eigenvalue weighted by Crippen LogP contribution is 2.38. The van der Waals surface area contributed by atoms with Gasteiger partial charge >= 0.3 is 0 Å². The Kier molecular flexibility index (Phi) is 7.75. The summed E-state index contributed by atoms with van der Waals surface area (Å²) in [4.78, 5) is 25.2. The molecule has 13 nitrogen and oxygen atoms in total. The van der Waals surface area contributed by atoms with Crippen LogP contribution in [-0.4, -0.2) is 71.0 Å². The first-order valence-corrected chi connectivity index (χ1v) is 15.3. The van der Waals surface area contributed by atoms with Crippen molar-refractivity contribution in [2.24, 2.45) is 5.73 Å². The Morgan fingerprint density at radius 2 is 1.70 bits per heavy atom. The topological polar surface area (TPSA) is 166 Å². The third kappa shape index (κ3) is 5.36. The number of primary amides is 1. The third-order valence-electron chi connectivity index (χ3n) is 7.72. The van der Waals surface area contributed by atoms with Crippen LogP contribution in [0.4, 0.5) is 15.8 Å². The molecule has 4 aromatic rings. The second-order valence-corrected chi connectivity index (χ2v) is 12.2. The second kappa shape index (κ2) is 11.7. The highest BCUT2D eigenvalue weighted by Gasteiger charge is 2.38. The first-order chi connectivity index (χ1) is 21.1. The number of halogens is 1. The molecule has 15 heteroatoms. The van der Waals surface area contributed by atoms with E-state index >= 15 is 0 Å². The van der Waals surface area contributed by atoms with Crippen molar-refractivity contribution < 1.29 is 27.3 Å². The number of anilines is 1. The molecule has 3 heterocycles. The lowest BCUT2D eigenvalue weighted by atomic mass is 10.0. The minimum atomic E-state index is -4.09. The molecule has 0 aliphatic carbocycles. The van der Waals surface area contributed by atoms with Crippen LogP contribution in [0.15, 0.2) is 77.7 Å². The van der Waals surface area contributed by atoms with Gasteiger partial charge in [0.2, 0.25) is 10.0 Å². The van der Waals surface area contributed by atoms with Gasteiger partial charge in [0, 0.05) is 38.8 Å². The van der Waals surface area contributed by atoms with E-state index in [-0.39, 0.29) is 35.5 Å². The monoisotopic (exact) mass is 621 g/mol. The number of nitrogens with one attached hydrogen (secondary N) is 1. The molecular formula is C29H28FN7O6S. The smallest absolute Gasteiger partial charge is 0.289 e. The van der Waals surface area contributed by atoms with Crippen molar-refractivity contribution in [2.45, 2.75) is 17.4 Å². The molecule has 3 N–H and O–H groups in total. The first kappa shape index (κ1) is 29.2. The van der Waals surface area contributed by atoms with E-state index in [1.807, 2.05) is 0 Å². The summed E-state index contributed by atoms with van der Waals surface area (Å²) in [5.74, 6) is -0.709. The Balaban J connectivity index is 1.23. The Hall–Kier alpha value is -4.86. The maximum atomic E-state index is 14.0. The van der Waals surface area contributed by atoms with Gasteiger partial charge in [-0.2, -0.15) is 9.40 Å². The Morgan fingerprint density at radius 1 is 1.02 bits per heavy atom. The van der Waals surface area contributed by atoms with Gasteiger partial charge in [0.25, 0.3) is 11.6 Å². The molecule has 1 amide bonds. The van der Waals surface area contributed by atoms with Crippen LogP contribution in [0.2, 0.25) is 0 Å². The zero-order valence-corrected chi connectivity index (χ0v) is 24.1. The van der Waals surface area contributed by atoms with Crippen LogP contribution in [0.3, 0.4) is 0 Å². The van der Waals surface area contributed by atoms with Crippen LogP contribution in [0.1, 0.15) is 28.6 Å². The summed E-state index contributed by atoms with van der Waals surface area (Å²) >= 11 is 0. The highest BCUT2D eigenvalue weighted by atomic mass is 32.2. The van der Waals surface area contributed by atoms with Gasteiger partial charge < -0.3 is 15.8 Å². The summed E-state index contributed by atoms with van der Waals surface area (Å²) in [5.41, 5.74) is 7.16. The van der Waals surface area contributed by atoms with E-state index in [1.54, 1.807) is 36.4 Å². The third-order valence-corrected chi connectivity index (χ3v) is 9.67. The summed E-state index contributed by atoms with van der Waals surface area (Å²) in [6.07, 6.45) is 0.647. The van der Waals surface area contributed by atoms with E-state index in [0.29, 0.717) is 48.9 Å². The maximum absolute atomic E-state index is 14.0. The molecule has 0 bridgehead atoms. The summed E-state index contributed by atoms with van der Waals surface area (Å²) in [6.45, 7) is 1.49. The number of nitrogens with two attached hydrogens (primary N) is 1. The molecule has 1 atom stereocenters. The second-order valence-electron chi connectivity index (χ2n) is 10.3. The number of para-hydroxylation sites is 2. The van der Waals surface area contributed by atoms with Gasteiger partial charge in [-0.05, 0) is 48.9 Å². The molecule has 44 heavy (non-hydrogen) atoms. The molecule has 6 rings (SSSR count). The van der Waals surface area contributed by atoms with Crippen molar-refractivity contribution in [2.75, 3.05) is 38.0 Å². The Bertz CT molecular complexity index is 1840. The van der Waals surface area contributed by atoms with Crippen LogP contribution >= 0.6 is 0 Å². The number of carbonyl (C=O) groups excluding carboxylic acids is 1. The summed E-state index contributed by atoms with van der Waals surface area (Å²) in [7, 11) is -4.09. The van der Waals surface area contributed by atoms with Crippen LogP contribution in [0.25, 0.3) is 5.69 Å². The number of fused-ring (bicyclic) bond motifs is 1. The Morgan fingerprint density at radius 3 is 2.39 bits per heavy atom. The number of piperazine rings is 1. The average molecular weight is 622 g/mol. The van der Waals surface area contributed by atoms with Crippen molar-refractivity contribution in [1.82, 2.24) is 19.0 Å². The van der Waals surface area contributed by atoms with Gasteiger partial charge in [0.15, 0.2) is 22.2 Å². The number of aromatic nitrogens is 2. The molecule has 0 radical (unpaired) electrons. The van der Waals surface area contributed by atoms with Crippen LogP contribution < -0.4 is 15.8 Å². The minimum Gasteiger partial charge on any atom is -0.454 e. The fourth-order valence-corrected chi connectivity index (χ4v) is 7.19.